The average molecular weight is 260 g/mol. The van der Waals surface area contributed by atoms with Gasteiger partial charge in [0.15, 0.2) is 6.29 Å². The van der Waals surface area contributed by atoms with Crippen LogP contribution < -0.4 is 9.47 Å². The van der Waals surface area contributed by atoms with Gasteiger partial charge in [0.05, 0.1) is 19.8 Å². The molecule has 0 bridgehead atoms. The second-order valence-corrected chi connectivity index (χ2v) is 3.88. The van der Waals surface area contributed by atoms with Crippen molar-refractivity contribution in [3.63, 3.8) is 0 Å². The van der Waals surface area contributed by atoms with Crippen molar-refractivity contribution in [3.8, 4) is 22.6 Å². The van der Waals surface area contributed by atoms with Gasteiger partial charge in [-0.25, -0.2) is 4.39 Å². The zero-order valence-electron chi connectivity index (χ0n) is 10.6. The molecule has 0 atom stereocenters. The highest BCUT2D eigenvalue weighted by Gasteiger charge is 2.15. The number of halogens is 1. The highest BCUT2D eigenvalue weighted by Crippen LogP contribution is 2.34. The van der Waals surface area contributed by atoms with Crippen molar-refractivity contribution >= 4 is 6.29 Å². The Bertz CT molecular complexity index is 591. The Morgan fingerprint density at radius 2 is 1.68 bits per heavy atom. The van der Waals surface area contributed by atoms with E-state index in [0.717, 1.165) is 0 Å². The summed E-state index contributed by atoms with van der Waals surface area (Å²) >= 11 is 0. The summed E-state index contributed by atoms with van der Waals surface area (Å²) < 4.78 is 24.0. The van der Waals surface area contributed by atoms with Crippen LogP contribution in [0.1, 0.15) is 10.4 Å². The zero-order valence-corrected chi connectivity index (χ0v) is 10.6. The molecule has 2 aromatic rings. The molecule has 0 aliphatic rings. The third kappa shape index (κ3) is 2.42. The Labute approximate surface area is 110 Å². The second kappa shape index (κ2) is 5.52. The minimum absolute atomic E-state index is 0.00971. The molecular formula is C15H13FO3. The van der Waals surface area contributed by atoms with Crippen LogP contribution in [0.4, 0.5) is 4.39 Å². The first-order chi connectivity index (χ1) is 9.21. The van der Waals surface area contributed by atoms with Gasteiger partial charge in [-0.05, 0) is 29.8 Å². The largest absolute Gasteiger partial charge is 0.497 e. The Kier molecular flexibility index (Phi) is 3.80. The van der Waals surface area contributed by atoms with Crippen LogP contribution in [0.25, 0.3) is 11.1 Å². The van der Waals surface area contributed by atoms with Gasteiger partial charge in [-0.2, -0.15) is 0 Å². The fourth-order valence-corrected chi connectivity index (χ4v) is 1.91. The van der Waals surface area contributed by atoms with Gasteiger partial charge in [0, 0.05) is 5.56 Å². The highest BCUT2D eigenvalue weighted by atomic mass is 19.1. The third-order valence-corrected chi connectivity index (χ3v) is 2.87. The van der Waals surface area contributed by atoms with E-state index in [1.54, 1.807) is 31.4 Å². The van der Waals surface area contributed by atoms with Crippen LogP contribution in [-0.4, -0.2) is 20.5 Å². The van der Waals surface area contributed by atoms with Gasteiger partial charge in [0.2, 0.25) is 0 Å². The summed E-state index contributed by atoms with van der Waals surface area (Å²) in [6.45, 7) is 0. The molecule has 98 valence electrons. The number of hydrogen-bond donors (Lipinski definition) is 0. The number of hydrogen-bond acceptors (Lipinski definition) is 3. The number of carbonyl (C=O) groups is 1. The minimum Gasteiger partial charge on any atom is -0.497 e. The Morgan fingerprint density at radius 1 is 1.00 bits per heavy atom. The van der Waals surface area contributed by atoms with Gasteiger partial charge in [-0.3, -0.25) is 4.79 Å². The molecule has 0 unspecified atom stereocenters. The maximum Gasteiger partial charge on any atom is 0.153 e. The maximum atomic E-state index is 13.7. The maximum absolute atomic E-state index is 13.7. The molecule has 2 rings (SSSR count). The van der Waals surface area contributed by atoms with Crippen LogP contribution in [0.5, 0.6) is 11.5 Å². The van der Waals surface area contributed by atoms with E-state index in [2.05, 4.69) is 0 Å². The lowest BCUT2D eigenvalue weighted by Crippen LogP contribution is -1.97. The molecule has 0 aliphatic carbocycles. The fourth-order valence-electron chi connectivity index (χ4n) is 1.91. The summed E-state index contributed by atoms with van der Waals surface area (Å²) in [4.78, 5) is 11.1. The van der Waals surface area contributed by atoms with Crippen molar-refractivity contribution in [1.29, 1.82) is 0 Å². The zero-order chi connectivity index (χ0) is 13.8. The number of methoxy groups -OCH3 is 2. The van der Waals surface area contributed by atoms with E-state index >= 15 is 0 Å². The molecule has 0 heterocycles. The molecule has 0 amide bonds. The van der Waals surface area contributed by atoms with E-state index in [0.29, 0.717) is 28.9 Å². The number of aldehydes is 1. The van der Waals surface area contributed by atoms with Crippen molar-refractivity contribution in [3.05, 3.63) is 47.8 Å². The quantitative estimate of drug-likeness (QED) is 0.791. The van der Waals surface area contributed by atoms with Gasteiger partial charge < -0.3 is 9.47 Å². The van der Waals surface area contributed by atoms with Crippen molar-refractivity contribution in [2.24, 2.45) is 0 Å². The monoisotopic (exact) mass is 260 g/mol. The molecule has 0 fully saturated rings. The van der Waals surface area contributed by atoms with Crippen molar-refractivity contribution in [2.75, 3.05) is 14.2 Å². The summed E-state index contributed by atoms with van der Waals surface area (Å²) in [7, 11) is 3.05. The first-order valence-electron chi connectivity index (χ1n) is 5.67. The van der Waals surface area contributed by atoms with E-state index in [9.17, 15) is 9.18 Å². The molecule has 19 heavy (non-hydrogen) atoms. The Morgan fingerprint density at radius 3 is 2.21 bits per heavy atom. The first kappa shape index (κ1) is 13.1. The average Bonchev–Trinajstić information content (AvgIpc) is 2.47. The summed E-state index contributed by atoms with van der Waals surface area (Å²) in [5.41, 5.74) is 1.13. The smallest absolute Gasteiger partial charge is 0.153 e. The Balaban J connectivity index is 2.64. The molecule has 0 saturated carbocycles. The van der Waals surface area contributed by atoms with Gasteiger partial charge in [-0.15, -0.1) is 0 Å². The van der Waals surface area contributed by atoms with E-state index in [4.69, 9.17) is 9.47 Å². The molecule has 2 aromatic carbocycles. The fraction of sp³-hybridized carbons (Fsp3) is 0.133. The third-order valence-electron chi connectivity index (χ3n) is 2.87. The molecule has 0 spiro atoms. The molecule has 3 nitrogen and oxygen atoms in total. The van der Waals surface area contributed by atoms with Crippen LogP contribution >= 0.6 is 0 Å². The second-order valence-electron chi connectivity index (χ2n) is 3.88. The summed E-state index contributed by atoms with van der Waals surface area (Å²) in [6.07, 6.45) is 0.497. The SMILES string of the molecule is COc1ccc(-c2c(OC)ccc(F)c2C=O)cc1. The lowest BCUT2D eigenvalue weighted by molar-refractivity contribution is 0.112. The van der Waals surface area contributed by atoms with Crippen LogP contribution in [0, 0.1) is 5.82 Å². The van der Waals surface area contributed by atoms with Gasteiger partial charge >= 0.3 is 0 Å². The van der Waals surface area contributed by atoms with E-state index in [-0.39, 0.29) is 5.56 Å². The van der Waals surface area contributed by atoms with E-state index in [1.165, 1.54) is 19.2 Å². The predicted octanol–water partition coefficient (Wildman–Crippen LogP) is 3.32. The molecular weight excluding hydrogens is 247 g/mol. The van der Waals surface area contributed by atoms with E-state index in [1.807, 2.05) is 0 Å². The summed E-state index contributed by atoms with van der Waals surface area (Å²) in [5.74, 6) is 0.571. The molecule has 4 heteroatoms. The number of rotatable bonds is 4. The summed E-state index contributed by atoms with van der Waals surface area (Å²) in [6, 6.07) is 9.71. The topological polar surface area (TPSA) is 35.5 Å². The highest BCUT2D eigenvalue weighted by molar-refractivity contribution is 5.91. The molecule has 0 saturated heterocycles. The van der Waals surface area contributed by atoms with Gasteiger partial charge in [0.25, 0.3) is 0 Å². The number of ether oxygens (including phenoxy) is 2. The van der Waals surface area contributed by atoms with Crippen molar-refractivity contribution in [1.82, 2.24) is 0 Å². The van der Waals surface area contributed by atoms with Crippen LogP contribution in [0.15, 0.2) is 36.4 Å². The lowest BCUT2D eigenvalue weighted by atomic mass is 9.98. The number of carbonyl (C=O) groups excluding carboxylic acids is 1. The van der Waals surface area contributed by atoms with Crippen LogP contribution in [0.3, 0.4) is 0 Å². The first-order valence-corrected chi connectivity index (χ1v) is 5.67. The standard InChI is InChI=1S/C15H13FO3/c1-18-11-5-3-10(4-6-11)15-12(9-17)13(16)7-8-14(15)19-2/h3-9H,1-2H3. The van der Waals surface area contributed by atoms with Crippen LogP contribution in [0.2, 0.25) is 0 Å². The number of benzene rings is 2. The molecule has 0 N–H and O–H groups in total. The Hall–Kier alpha value is -2.36. The van der Waals surface area contributed by atoms with Crippen molar-refractivity contribution < 1.29 is 18.7 Å². The van der Waals surface area contributed by atoms with E-state index < -0.39 is 5.82 Å². The van der Waals surface area contributed by atoms with Crippen LogP contribution in [-0.2, 0) is 0 Å². The molecule has 0 radical (unpaired) electrons. The minimum atomic E-state index is -0.568. The normalized spacial score (nSPS) is 10.1. The lowest BCUT2D eigenvalue weighted by Gasteiger charge is -2.12. The predicted molar refractivity (Wildman–Crippen MR) is 70.3 cm³/mol. The van der Waals surface area contributed by atoms with Gasteiger partial charge in [0.1, 0.15) is 17.3 Å². The molecule has 0 aromatic heterocycles. The molecule has 0 aliphatic heterocycles. The summed E-state index contributed by atoms with van der Waals surface area (Å²) in [5, 5.41) is 0. The van der Waals surface area contributed by atoms with Gasteiger partial charge in [-0.1, -0.05) is 12.1 Å². The van der Waals surface area contributed by atoms with Crippen molar-refractivity contribution in [2.45, 2.75) is 0 Å².